The lowest BCUT2D eigenvalue weighted by Gasteiger charge is -2.43. The van der Waals surface area contributed by atoms with E-state index >= 15 is 0 Å². The van der Waals surface area contributed by atoms with Crippen molar-refractivity contribution in [1.82, 2.24) is 0 Å². The number of hydrogen-bond donors (Lipinski definition) is 1. The van der Waals surface area contributed by atoms with E-state index in [0.29, 0.717) is 0 Å². The number of rotatable bonds is 6. The van der Waals surface area contributed by atoms with Crippen LogP contribution in [-0.2, 0) is 38.1 Å². The van der Waals surface area contributed by atoms with Crippen molar-refractivity contribution in [3.63, 3.8) is 0 Å². The summed E-state index contributed by atoms with van der Waals surface area (Å²) in [4.78, 5) is 33.5. The van der Waals surface area contributed by atoms with Crippen molar-refractivity contribution in [3.8, 4) is 0 Å². The zero-order valence-corrected chi connectivity index (χ0v) is 13.5. The van der Waals surface area contributed by atoms with E-state index in [-0.39, 0.29) is 13.2 Å². The van der Waals surface area contributed by atoms with Crippen LogP contribution in [-0.4, -0.2) is 66.9 Å². The summed E-state index contributed by atoms with van der Waals surface area (Å²) in [5, 5.41) is 10.0. The van der Waals surface area contributed by atoms with Crippen molar-refractivity contribution < 1.29 is 43.2 Å². The molecule has 0 amide bonds. The smallest absolute Gasteiger partial charge is 0.303 e. The van der Waals surface area contributed by atoms with Crippen LogP contribution >= 0.6 is 0 Å². The topological polar surface area (TPSA) is 118 Å². The molecule has 132 valence electrons. The van der Waals surface area contributed by atoms with E-state index in [1.54, 1.807) is 6.92 Å². The van der Waals surface area contributed by atoms with Gasteiger partial charge in [0.2, 0.25) is 0 Å². The van der Waals surface area contributed by atoms with Crippen LogP contribution in [0.25, 0.3) is 0 Å². The molecule has 1 N–H and O–H groups in total. The normalized spacial score (nSPS) is 30.4. The molecule has 0 aromatic heterocycles. The fraction of sp³-hybridized carbons (Fsp3) is 0.786. The summed E-state index contributed by atoms with van der Waals surface area (Å²) < 4.78 is 25.8. The van der Waals surface area contributed by atoms with Crippen molar-refractivity contribution in [2.45, 2.75) is 58.4 Å². The Morgan fingerprint density at radius 2 is 1.52 bits per heavy atom. The fourth-order valence-electron chi connectivity index (χ4n) is 2.26. The third-order valence-electron chi connectivity index (χ3n) is 3.02. The molecule has 1 aliphatic heterocycles. The number of aliphatic hydroxyl groups excluding tert-OH is 1. The van der Waals surface area contributed by atoms with Gasteiger partial charge in [-0.3, -0.25) is 14.4 Å². The molecule has 1 heterocycles. The third kappa shape index (κ3) is 5.77. The highest BCUT2D eigenvalue weighted by atomic mass is 16.7. The minimum Gasteiger partial charge on any atom is -0.463 e. The monoisotopic (exact) mass is 334 g/mol. The second-order valence-electron chi connectivity index (χ2n) is 4.94. The molecule has 0 unspecified atom stereocenters. The first kappa shape index (κ1) is 19.3. The Bertz CT molecular complexity index is 436. The first-order valence-corrected chi connectivity index (χ1v) is 7.19. The van der Waals surface area contributed by atoms with Gasteiger partial charge in [-0.1, -0.05) is 0 Å². The number of carbonyl (C=O) groups excluding carboxylic acids is 3. The highest BCUT2D eigenvalue weighted by Crippen LogP contribution is 2.27. The zero-order valence-electron chi connectivity index (χ0n) is 13.5. The predicted molar refractivity (Wildman–Crippen MR) is 74.0 cm³/mol. The summed E-state index contributed by atoms with van der Waals surface area (Å²) in [5.41, 5.74) is 0. The lowest BCUT2D eigenvalue weighted by Crippen LogP contribution is -2.62. The standard InChI is InChI=1S/C14H22O9/c1-5-19-12-11(21-8(3)16)10(6-20-7(2)15)23-14(18)13(12)22-9(4)17/h10-14,18H,5-6H2,1-4H3/t10-,11-,12+,13-,14-/m1/s1. The van der Waals surface area contributed by atoms with Crippen LogP contribution in [0.5, 0.6) is 0 Å². The fourth-order valence-corrected chi connectivity index (χ4v) is 2.26. The van der Waals surface area contributed by atoms with E-state index in [0.717, 1.165) is 0 Å². The molecular formula is C14H22O9. The molecule has 1 rings (SSSR count). The number of aliphatic hydroxyl groups is 1. The van der Waals surface area contributed by atoms with Crippen molar-refractivity contribution in [2.75, 3.05) is 13.2 Å². The van der Waals surface area contributed by atoms with Gasteiger partial charge in [-0.2, -0.15) is 0 Å². The maximum atomic E-state index is 11.3. The Labute approximate surface area is 133 Å². The van der Waals surface area contributed by atoms with Gasteiger partial charge in [0.15, 0.2) is 18.5 Å². The Hall–Kier alpha value is -1.71. The summed E-state index contributed by atoms with van der Waals surface area (Å²) in [6.45, 7) is 5.23. The van der Waals surface area contributed by atoms with Gasteiger partial charge in [0.25, 0.3) is 0 Å². The highest BCUT2D eigenvalue weighted by molar-refractivity contribution is 5.67. The molecule has 0 saturated carbocycles. The van der Waals surface area contributed by atoms with Crippen molar-refractivity contribution >= 4 is 17.9 Å². The summed E-state index contributed by atoms with van der Waals surface area (Å²) in [7, 11) is 0. The number of carbonyl (C=O) groups is 3. The van der Waals surface area contributed by atoms with E-state index in [2.05, 4.69) is 0 Å². The molecule has 0 spiro atoms. The van der Waals surface area contributed by atoms with E-state index in [9.17, 15) is 19.5 Å². The Morgan fingerprint density at radius 1 is 0.957 bits per heavy atom. The Balaban J connectivity index is 3.02. The Morgan fingerprint density at radius 3 is 2.00 bits per heavy atom. The van der Waals surface area contributed by atoms with Gasteiger partial charge in [0.05, 0.1) is 0 Å². The van der Waals surface area contributed by atoms with Crippen molar-refractivity contribution in [3.05, 3.63) is 0 Å². The molecule has 9 nitrogen and oxygen atoms in total. The van der Waals surface area contributed by atoms with Gasteiger partial charge in [-0.15, -0.1) is 0 Å². The van der Waals surface area contributed by atoms with Crippen LogP contribution in [0, 0.1) is 0 Å². The molecule has 1 aliphatic rings. The van der Waals surface area contributed by atoms with E-state index in [4.69, 9.17) is 23.7 Å². The SMILES string of the molecule is CCO[C@@H]1[C@@H](OC(C)=O)[C@H](O)O[C@H](COC(C)=O)[C@H]1OC(C)=O. The minimum atomic E-state index is -1.51. The molecule has 0 bridgehead atoms. The van der Waals surface area contributed by atoms with Gasteiger partial charge in [-0.05, 0) is 6.92 Å². The van der Waals surface area contributed by atoms with Crippen LogP contribution in [0.2, 0.25) is 0 Å². The van der Waals surface area contributed by atoms with Crippen LogP contribution in [0.3, 0.4) is 0 Å². The van der Waals surface area contributed by atoms with Crippen molar-refractivity contribution in [2.24, 2.45) is 0 Å². The molecule has 1 fully saturated rings. The van der Waals surface area contributed by atoms with E-state index < -0.39 is 48.6 Å². The summed E-state index contributed by atoms with van der Waals surface area (Å²) in [5.74, 6) is -1.82. The molecule has 9 heteroatoms. The third-order valence-corrected chi connectivity index (χ3v) is 3.02. The summed E-state index contributed by atoms with van der Waals surface area (Å²) in [6.07, 6.45) is -5.62. The van der Waals surface area contributed by atoms with Crippen LogP contribution < -0.4 is 0 Å². The number of hydrogen-bond acceptors (Lipinski definition) is 9. The molecule has 0 aromatic carbocycles. The summed E-state index contributed by atoms with van der Waals surface area (Å²) >= 11 is 0. The van der Waals surface area contributed by atoms with Gasteiger partial charge in [-0.25, -0.2) is 0 Å². The average molecular weight is 334 g/mol. The molecule has 0 aliphatic carbocycles. The lowest BCUT2D eigenvalue weighted by atomic mass is 9.98. The molecule has 23 heavy (non-hydrogen) atoms. The van der Waals surface area contributed by atoms with Crippen LogP contribution in [0.4, 0.5) is 0 Å². The largest absolute Gasteiger partial charge is 0.463 e. The zero-order chi connectivity index (χ0) is 17.6. The molecule has 1 saturated heterocycles. The lowest BCUT2D eigenvalue weighted by molar-refractivity contribution is -0.300. The van der Waals surface area contributed by atoms with E-state index in [1.165, 1.54) is 20.8 Å². The molecular weight excluding hydrogens is 312 g/mol. The van der Waals surface area contributed by atoms with E-state index in [1.807, 2.05) is 0 Å². The molecule has 0 radical (unpaired) electrons. The van der Waals surface area contributed by atoms with Gasteiger partial charge in [0, 0.05) is 27.4 Å². The van der Waals surface area contributed by atoms with Crippen LogP contribution in [0.15, 0.2) is 0 Å². The molecule has 5 atom stereocenters. The number of esters is 3. The Kier molecular flexibility index (Phi) is 7.40. The molecule has 0 aromatic rings. The number of ether oxygens (including phenoxy) is 5. The minimum absolute atomic E-state index is 0.215. The summed E-state index contributed by atoms with van der Waals surface area (Å²) in [6, 6.07) is 0. The highest BCUT2D eigenvalue weighted by Gasteiger charge is 2.50. The van der Waals surface area contributed by atoms with Crippen LogP contribution in [0.1, 0.15) is 27.7 Å². The maximum Gasteiger partial charge on any atom is 0.303 e. The second kappa shape index (κ2) is 8.80. The predicted octanol–water partition coefficient (Wildman–Crippen LogP) is -0.465. The van der Waals surface area contributed by atoms with Gasteiger partial charge >= 0.3 is 17.9 Å². The first-order chi connectivity index (χ1) is 10.8. The maximum absolute atomic E-state index is 11.3. The van der Waals surface area contributed by atoms with Gasteiger partial charge in [0.1, 0.15) is 18.8 Å². The second-order valence-corrected chi connectivity index (χ2v) is 4.94. The average Bonchev–Trinajstić information content (AvgIpc) is 2.43. The quantitative estimate of drug-likeness (QED) is 0.508. The van der Waals surface area contributed by atoms with Gasteiger partial charge < -0.3 is 28.8 Å². The first-order valence-electron chi connectivity index (χ1n) is 7.19. The van der Waals surface area contributed by atoms with Crippen molar-refractivity contribution in [1.29, 1.82) is 0 Å².